The third-order valence-corrected chi connectivity index (χ3v) is 6.34. The molecule has 0 unspecified atom stereocenters. The molecule has 0 bridgehead atoms. The molecule has 2 aromatic rings. The third kappa shape index (κ3) is 6.96. The lowest BCUT2D eigenvalue weighted by molar-refractivity contribution is -0.334. The summed E-state index contributed by atoms with van der Waals surface area (Å²) >= 11 is 0. The van der Waals surface area contributed by atoms with E-state index in [0.29, 0.717) is 5.56 Å². The first-order chi connectivity index (χ1) is 18.6. The Labute approximate surface area is 224 Å². The third-order valence-electron chi connectivity index (χ3n) is 6.34. The van der Waals surface area contributed by atoms with Gasteiger partial charge in [-0.2, -0.15) is 0 Å². The number of benzene rings is 2. The monoisotopic (exact) mass is 544 g/mol. The van der Waals surface area contributed by atoms with Gasteiger partial charge in [-0.1, -0.05) is 60.7 Å². The molecule has 8 nitrogen and oxygen atoms in total. The minimum absolute atomic E-state index is 0.266. The number of alkyl halides is 2. The number of rotatable bonds is 5. The first kappa shape index (κ1) is 28.6. The van der Waals surface area contributed by atoms with Gasteiger partial charge in [-0.25, -0.2) is 18.4 Å². The van der Waals surface area contributed by atoms with Crippen molar-refractivity contribution in [1.82, 2.24) is 0 Å². The van der Waals surface area contributed by atoms with Crippen LogP contribution in [0.3, 0.4) is 0 Å². The normalized spacial score (nSPS) is 29.5. The Kier molecular flexibility index (Phi) is 8.91. The van der Waals surface area contributed by atoms with Crippen LogP contribution < -0.4 is 0 Å². The van der Waals surface area contributed by atoms with Gasteiger partial charge in [0.2, 0.25) is 0 Å². The zero-order valence-corrected chi connectivity index (χ0v) is 21.3. The van der Waals surface area contributed by atoms with Gasteiger partial charge < -0.3 is 29.2 Å². The number of esters is 2. The molecule has 0 aromatic heterocycles. The number of cyclic esters (lactones) is 1. The largest absolute Gasteiger partial charge is 0.453 e. The van der Waals surface area contributed by atoms with Crippen molar-refractivity contribution in [2.24, 2.45) is 0 Å². The van der Waals surface area contributed by atoms with E-state index in [1.165, 1.54) is 24.3 Å². The second-order valence-corrected chi connectivity index (χ2v) is 9.69. The highest BCUT2D eigenvalue weighted by Gasteiger charge is 2.49. The fourth-order valence-corrected chi connectivity index (χ4v) is 4.49. The van der Waals surface area contributed by atoms with Gasteiger partial charge in [0.05, 0.1) is 0 Å². The molecule has 3 heterocycles. The van der Waals surface area contributed by atoms with Gasteiger partial charge in [0.1, 0.15) is 24.4 Å². The second-order valence-electron chi connectivity index (χ2n) is 9.69. The van der Waals surface area contributed by atoms with Crippen LogP contribution in [0.4, 0.5) is 8.78 Å². The number of carbonyl (C=O) groups is 2. The van der Waals surface area contributed by atoms with Crippen LogP contribution in [0.15, 0.2) is 85.0 Å². The van der Waals surface area contributed by atoms with Crippen molar-refractivity contribution in [2.75, 3.05) is 0 Å². The van der Waals surface area contributed by atoms with E-state index in [0.717, 1.165) is 6.08 Å². The van der Waals surface area contributed by atoms with Crippen LogP contribution >= 0.6 is 0 Å². The molecule has 0 spiro atoms. The topological polar surface area (TPSA) is 112 Å². The molecule has 39 heavy (non-hydrogen) atoms. The highest BCUT2D eigenvalue weighted by molar-refractivity contribution is 5.83. The minimum atomic E-state index is -1.73. The molecule has 0 aliphatic carbocycles. The van der Waals surface area contributed by atoms with Crippen LogP contribution in [0.1, 0.15) is 37.3 Å². The molecular formula is C29H30F2O8. The van der Waals surface area contributed by atoms with Crippen LogP contribution in [-0.2, 0) is 28.5 Å². The van der Waals surface area contributed by atoms with Gasteiger partial charge in [-0.3, -0.25) is 0 Å². The van der Waals surface area contributed by atoms with Crippen molar-refractivity contribution in [3.8, 4) is 0 Å². The van der Waals surface area contributed by atoms with Crippen molar-refractivity contribution in [3.63, 3.8) is 0 Å². The lowest BCUT2D eigenvalue weighted by atomic mass is 9.95. The first-order valence-corrected chi connectivity index (χ1v) is 12.4. The Hall–Kier alpha value is -3.44. The summed E-state index contributed by atoms with van der Waals surface area (Å²) < 4.78 is 50.3. The van der Waals surface area contributed by atoms with E-state index >= 15 is 0 Å². The molecule has 2 N–H and O–H groups in total. The van der Waals surface area contributed by atoms with Crippen LogP contribution in [0.2, 0.25) is 0 Å². The van der Waals surface area contributed by atoms with E-state index in [9.17, 15) is 28.6 Å². The summed E-state index contributed by atoms with van der Waals surface area (Å²) in [5.41, 5.74) is 0.757. The molecule has 8 atom stereocenters. The maximum Gasteiger partial charge on any atom is 0.330 e. The fourth-order valence-electron chi connectivity index (χ4n) is 4.49. The zero-order valence-electron chi connectivity index (χ0n) is 21.3. The lowest BCUT2D eigenvalue weighted by Gasteiger charge is -2.46. The standard InChI is InChI=1S/C16H17FO4.C13H13FO4/c1-16(2)20-11-8-9-12(18)19-14(11)15(21-16)13(17)10-6-4-3-5-7-10;14-11(8-4-2-1-3-5-8)12(17)13-9(15)6-7-10(16)18-13/h3-9,11,13-15H,1-2H3;1-7,9,11-13,15,17H/t11-,13+,14+,15-;9-,11+,12-,13+/m00/s1. The average Bonchev–Trinajstić information content (AvgIpc) is 2.94. The summed E-state index contributed by atoms with van der Waals surface area (Å²) in [5, 5.41) is 19.4. The first-order valence-electron chi connectivity index (χ1n) is 12.4. The molecular weight excluding hydrogens is 514 g/mol. The number of hydrogen-bond acceptors (Lipinski definition) is 8. The maximum absolute atomic E-state index is 14.9. The molecule has 0 saturated carbocycles. The summed E-state index contributed by atoms with van der Waals surface area (Å²) in [6.07, 6.45) is -4.32. The number of carbonyl (C=O) groups excluding carboxylic acids is 2. The van der Waals surface area contributed by atoms with Gasteiger partial charge in [0.15, 0.2) is 30.3 Å². The van der Waals surface area contributed by atoms with E-state index < -0.39 is 66.7 Å². The molecule has 10 heteroatoms. The number of ether oxygens (including phenoxy) is 4. The molecule has 3 aliphatic rings. The summed E-state index contributed by atoms with van der Waals surface area (Å²) in [4.78, 5) is 22.5. The summed E-state index contributed by atoms with van der Waals surface area (Å²) in [6.45, 7) is 3.44. The quantitative estimate of drug-likeness (QED) is 0.550. The molecule has 5 rings (SSSR count). The summed E-state index contributed by atoms with van der Waals surface area (Å²) in [7, 11) is 0. The molecule has 0 radical (unpaired) electrons. The molecule has 2 aromatic carbocycles. The lowest BCUT2D eigenvalue weighted by Crippen LogP contribution is -2.57. The number of halogens is 2. The summed E-state index contributed by atoms with van der Waals surface area (Å²) in [6, 6.07) is 16.7. The minimum Gasteiger partial charge on any atom is -0.453 e. The van der Waals surface area contributed by atoms with Crippen LogP contribution in [0, 0.1) is 0 Å². The molecule has 1 saturated heterocycles. The fraction of sp³-hybridized carbons (Fsp3) is 0.379. The Morgan fingerprint density at radius 3 is 2.00 bits per heavy atom. The smallest absolute Gasteiger partial charge is 0.330 e. The Morgan fingerprint density at radius 2 is 1.36 bits per heavy atom. The second kappa shape index (κ2) is 12.2. The molecule has 208 valence electrons. The van der Waals surface area contributed by atoms with E-state index in [4.69, 9.17) is 18.9 Å². The van der Waals surface area contributed by atoms with Gasteiger partial charge in [-0.15, -0.1) is 0 Å². The van der Waals surface area contributed by atoms with Crippen LogP contribution in [0.5, 0.6) is 0 Å². The van der Waals surface area contributed by atoms with Crippen molar-refractivity contribution in [2.45, 2.75) is 68.6 Å². The number of fused-ring (bicyclic) bond motifs is 1. The van der Waals surface area contributed by atoms with Crippen molar-refractivity contribution in [1.29, 1.82) is 0 Å². The Balaban J connectivity index is 0.000000183. The predicted molar refractivity (Wildman–Crippen MR) is 134 cm³/mol. The van der Waals surface area contributed by atoms with Crippen LogP contribution in [-0.4, -0.2) is 64.6 Å². The van der Waals surface area contributed by atoms with Crippen molar-refractivity contribution >= 4 is 11.9 Å². The highest BCUT2D eigenvalue weighted by atomic mass is 19.1. The molecule has 3 aliphatic heterocycles. The van der Waals surface area contributed by atoms with Crippen LogP contribution in [0.25, 0.3) is 0 Å². The van der Waals surface area contributed by atoms with Gasteiger partial charge in [0, 0.05) is 12.2 Å². The number of aliphatic hydroxyl groups is 2. The zero-order chi connectivity index (χ0) is 28.2. The van der Waals surface area contributed by atoms with E-state index in [-0.39, 0.29) is 5.56 Å². The highest BCUT2D eigenvalue weighted by Crippen LogP contribution is 2.38. The summed E-state index contributed by atoms with van der Waals surface area (Å²) in [5.74, 6) is -2.16. The maximum atomic E-state index is 14.9. The van der Waals surface area contributed by atoms with Gasteiger partial charge in [-0.05, 0) is 37.1 Å². The SMILES string of the molecule is CC1(C)O[C@@H]([C@H](F)c2ccccc2)[C@@H]2OC(=O)C=C[C@@H]2O1.O=C1C=C[C@H](O)[C@H]([C@@H](O)[C@H](F)c2ccccc2)O1. The van der Waals surface area contributed by atoms with Crippen molar-refractivity contribution < 1.29 is 47.5 Å². The predicted octanol–water partition coefficient (Wildman–Crippen LogP) is 3.60. The molecule has 1 fully saturated rings. The number of aliphatic hydroxyl groups excluding tert-OH is 2. The Morgan fingerprint density at radius 1 is 0.795 bits per heavy atom. The average molecular weight is 545 g/mol. The molecule has 0 amide bonds. The Bertz CT molecular complexity index is 1190. The van der Waals surface area contributed by atoms with Gasteiger partial charge in [0.25, 0.3) is 0 Å². The number of hydrogen-bond donors (Lipinski definition) is 2. The van der Waals surface area contributed by atoms with Gasteiger partial charge >= 0.3 is 11.9 Å². The van der Waals surface area contributed by atoms with E-state index in [1.807, 2.05) is 6.07 Å². The van der Waals surface area contributed by atoms with Crippen molar-refractivity contribution in [3.05, 3.63) is 96.1 Å². The van der Waals surface area contributed by atoms with E-state index in [1.54, 1.807) is 62.4 Å². The van der Waals surface area contributed by atoms with E-state index in [2.05, 4.69) is 0 Å².